The highest BCUT2D eigenvalue weighted by molar-refractivity contribution is 7.13. The number of benzene rings is 1. The van der Waals surface area contributed by atoms with Crippen LogP contribution in [0.1, 0.15) is 6.92 Å². The number of rotatable bonds is 5. The van der Waals surface area contributed by atoms with Crippen molar-refractivity contribution in [3.05, 3.63) is 59.7 Å². The van der Waals surface area contributed by atoms with E-state index < -0.39 is 11.9 Å². The molecule has 8 heteroatoms. The van der Waals surface area contributed by atoms with Gasteiger partial charge in [0.05, 0.1) is 4.88 Å². The van der Waals surface area contributed by atoms with Crippen molar-refractivity contribution in [3.8, 4) is 16.3 Å². The summed E-state index contributed by atoms with van der Waals surface area (Å²) in [5.74, 6) is 0.273. The van der Waals surface area contributed by atoms with Gasteiger partial charge in [-0.15, -0.1) is 21.5 Å². The van der Waals surface area contributed by atoms with E-state index >= 15 is 0 Å². The summed E-state index contributed by atoms with van der Waals surface area (Å²) < 4.78 is 19.3. The maximum atomic E-state index is 13.7. The van der Waals surface area contributed by atoms with Crippen molar-refractivity contribution in [1.29, 1.82) is 0 Å². The Bertz CT molecular complexity index is 957. The van der Waals surface area contributed by atoms with Crippen molar-refractivity contribution in [2.24, 2.45) is 0 Å². The number of nitrogens with zero attached hydrogens (tertiary/aromatic N) is 4. The number of aromatic nitrogens is 2. The van der Waals surface area contributed by atoms with Crippen molar-refractivity contribution < 1.29 is 13.9 Å². The third kappa shape index (κ3) is 4.37. The van der Waals surface area contributed by atoms with E-state index in [-0.39, 0.29) is 11.7 Å². The van der Waals surface area contributed by atoms with Crippen LogP contribution in [0.3, 0.4) is 0 Å². The van der Waals surface area contributed by atoms with Crippen molar-refractivity contribution in [3.63, 3.8) is 0 Å². The van der Waals surface area contributed by atoms with Crippen LogP contribution in [0.15, 0.2) is 53.9 Å². The van der Waals surface area contributed by atoms with Gasteiger partial charge in [0.25, 0.3) is 5.91 Å². The molecule has 1 atom stereocenters. The maximum absolute atomic E-state index is 13.7. The standard InChI is InChI=1S/C21H21FN4O2S/c1-15(28-18-6-3-2-5-16(18)22)21(27)26-12-10-25(11-13-26)20-9-8-17(23-24-20)19-7-4-14-29-19/h2-9,14-15H,10-13H2,1H3. The highest BCUT2D eigenvalue weighted by atomic mass is 32.1. The Morgan fingerprint density at radius 1 is 1.07 bits per heavy atom. The quantitative estimate of drug-likeness (QED) is 0.642. The normalized spacial score (nSPS) is 15.2. The van der Waals surface area contributed by atoms with Gasteiger partial charge in [-0.05, 0) is 42.6 Å². The molecule has 0 aliphatic carbocycles. The highest BCUT2D eigenvalue weighted by Crippen LogP contribution is 2.24. The number of hydrogen-bond donors (Lipinski definition) is 0. The second kappa shape index (κ2) is 8.57. The molecule has 2 aromatic heterocycles. The van der Waals surface area contributed by atoms with Crippen LogP contribution in [-0.2, 0) is 4.79 Å². The third-order valence-electron chi connectivity index (χ3n) is 4.83. The van der Waals surface area contributed by atoms with E-state index in [0.29, 0.717) is 26.2 Å². The van der Waals surface area contributed by atoms with Gasteiger partial charge < -0.3 is 14.5 Å². The second-order valence-corrected chi connectivity index (χ2v) is 7.70. The van der Waals surface area contributed by atoms with Crippen LogP contribution in [0.2, 0.25) is 0 Å². The molecule has 1 aliphatic heterocycles. The van der Waals surface area contributed by atoms with Crippen LogP contribution in [0.4, 0.5) is 10.2 Å². The molecule has 150 valence electrons. The lowest BCUT2D eigenvalue weighted by Gasteiger charge is -2.36. The highest BCUT2D eigenvalue weighted by Gasteiger charge is 2.27. The van der Waals surface area contributed by atoms with Gasteiger partial charge in [-0.2, -0.15) is 0 Å². The third-order valence-corrected chi connectivity index (χ3v) is 5.72. The second-order valence-electron chi connectivity index (χ2n) is 6.76. The molecule has 6 nitrogen and oxygen atoms in total. The summed E-state index contributed by atoms with van der Waals surface area (Å²) in [6, 6.07) is 14.0. The number of para-hydroxylation sites is 1. The van der Waals surface area contributed by atoms with Crippen molar-refractivity contribution >= 4 is 23.1 Å². The molecular weight excluding hydrogens is 391 g/mol. The Morgan fingerprint density at radius 2 is 1.86 bits per heavy atom. The molecule has 1 amide bonds. The lowest BCUT2D eigenvalue weighted by Crippen LogP contribution is -2.52. The van der Waals surface area contributed by atoms with E-state index in [9.17, 15) is 9.18 Å². The summed E-state index contributed by atoms with van der Waals surface area (Å²) in [6.07, 6.45) is -0.747. The number of amides is 1. The smallest absolute Gasteiger partial charge is 0.263 e. The Labute approximate surface area is 172 Å². The van der Waals surface area contributed by atoms with Gasteiger partial charge >= 0.3 is 0 Å². The molecule has 3 aromatic rings. The van der Waals surface area contributed by atoms with Gasteiger partial charge in [0.1, 0.15) is 5.69 Å². The monoisotopic (exact) mass is 412 g/mol. The van der Waals surface area contributed by atoms with Crippen LogP contribution >= 0.6 is 11.3 Å². The Hall–Kier alpha value is -3.00. The molecule has 1 aromatic carbocycles. The number of carbonyl (C=O) groups is 1. The number of carbonyl (C=O) groups excluding carboxylic acids is 1. The van der Waals surface area contributed by atoms with Crippen molar-refractivity contribution in [2.45, 2.75) is 13.0 Å². The predicted octanol–water partition coefficient (Wildman–Crippen LogP) is 3.46. The van der Waals surface area contributed by atoms with Gasteiger partial charge in [-0.1, -0.05) is 18.2 Å². The number of thiophene rings is 1. The zero-order valence-electron chi connectivity index (χ0n) is 16.0. The average molecular weight is 412 g/mol. The lowest BCUT2D eigenvalue weighted by molar-refractivity contribution is -0.138. The Kier molecular flexibility index (Phi) is 5.71. The molecule has 4 rings (SSSR count). The average Bonchev–Trinajstić information content (AvgIpc) is 3.30. The summed E-state index contributed by atoms with van der Waals surface area (Å²) in [4.78, 5) is 17.6. The molecule has 0 radical (unpaired) electrons. The predicted molar refractivity (Wildman–Crippen MR) is 111 cm³/mol. The SMILES string of the molecule is CC(Oc1ccccc1F)C(=O)N1CCN(c2ccc(-c3cccs3)nn2)CC1. The number of piperazine rings is 1. The van der Waals surface area contributed by atoms with Gasteiger partial charge in [0, 0.05) is 26.2 Å². The first kappa shape index (κ1) is 19.3. The van der Waals surface area contributed by atoms with Crippen LogP contribution in [0, 0.1) is 5.82 Å². The summed E-state index contributed by atoms with van der Waals surface area (Å²) in [7, 11) is 0. The van der Waals surface area contributed by atoms with Crippen LogP contribution in [0.5, 0.6) is 5.75 Å². The molecule has 0 bridgehead atoms. The summed E-state index contributed by atoms with van der Waals surface area (Å²) in [5, 5.41) is 10.7. The number of halogens is 1. The van der Waals surface area contributed by atoms with Crippen LogP contribution in [0.25, 0.3) is 10.6 Å². The molecule has 1 fully saturated rings. The van der Waals surface area contributed by atoms with E-state index in [4.69, 9.17) is 4.74 Å². The molecule has 0 saturated carbocycles. The van der Waals surface area contributed by atoms with Gasteiger partial charge in [-0.3, -0.25) is 4.79 Å². The minimum atomic E-state index is -0.747. The molecule has 1 aliphatic rings. The van der Waals surface area contributed by atoms with Crippen molar-refractivity contribution in [1.82, 2.24) is 15.1 Å². The van der Waals surface area contributed by atoms with Crippen LogP contribution in [-0.4, -0.2) is 53.3 Å². The summed E-state index contributed by atoms with van der Waals surface area (Å²) >= 11 is 1.63. The number of ether oxygens (including phenoxy) is 1. The molecular formula is C21H21FN4O2S. The summed E-state index contributed by atoms with van der Waals surface area (Å²) in [5.41, 5.74) is 0.858. The summed E-state index contributed by atoms with van der Waals surface area (Å²) in [6.45, 7) is 4.07. The van der Waals surface area contributed by atoms with Gasteiger partial charge in [-0.25, -0.2) is 4.39 Å². The molecule has 1 unspecified atom stereocenters. The molecule has 0 N–H and O–H groups in total. The number of anilines is 1. The Morgan fingerprint density at radius 3 is 2.52 bits per heavy atom. The Balaban J connectivity index is 1.33. The van der Waals surface area contributed by atoms with E-state index in [1.165, 1.54) is 12.1 Å². The molecule has 3 heterocycles. The minimum absolute atomic E-state index is 0.0908. The number of hydrogen-bond acceptors (Lipinski definition) is 6. The fraction of sp³-hybridized carbons (Fsp3) is 0.286. The fourth-order valence-electron chi connectivity index (χ4n) is 3.24. The van der Waals surface area contributed by atoms with Crippen molar-refractivity contribution in [2.75, 3.05) is 31.1 Å². The zero-order valence-corrected chi connectivity index (χ0v) is 16.8. The zero-order chi connectivity index (χ0) is 20.2. The van der Waals surface area contributed by atoms with E-state index in [2.05, 4.69) is 15.1 Å². The van der Waals surface area contributed by atoms with E-state index in [0.717, 1.165) is 16.4 Å². The minimum Gasteiger partial charge on any atom is -0.478 e. The molecule has 29 heavy (non-hydrogen) atoms. The largest absolute Gasteiger partial charge is 0.478 e. The first-order valence-electron chi connectivity index (χ1n) is 9.44. The lowest BCUT2D eigenvalue weighted by atomic mass is 10.2. The topological polar surface area (TPSA) is 58.6 Å². The van der Waals surface area contributed by atoms with Gasteiger partial charge in [0.15, 0.2) is 23.5 Å². The first-order valence-corrected chi connectivity index (χ1v) is 10.3. The van der Waals surface area contributed by atoms with E-state index in [1.54, 1.807) is 35.3 Å². The van der Waals surface area contributed by atoms with Gasteiger partial charge in [0.2, 0.25) is 0 Å². The molecule has 0 spiro atoms. The van der Waals surface area contributed by atoms with Crippen LogP contribution < -0.4 is 9.64 Å². The molecule has 1 saturated heterocycles. The maximum Gasteiger partial charge on any atom is 0.263 e. The van der Waals surface area contributed by atoms with E-state index in [1.807, 2.05) is 29.6 Å². The fourth-order valence-corrected chi connectivity index (χ4v) is 3.93. The first-order chi connectivity index (χ1) is 14.1.